The first kappa shape index (κ1) is 21.6. The van der Waals surface area contributed by atoms with Gasteiger partial charge in [0, 0.05) is 16.3 Å². The Morgan fingerprint density at radius 1 is 1.06 bits per heavy atom. The summed E-state index contributed by atoms with van der Waals surface area (Å²) in [6.45, 7) is 1.89. The van der Waals surface area contributed by atoms with Gasteiger partial charge in [-0.1, -0.05) is 47.5 Å². The molecule has 1 atom stereocenters. The van der Waals surface area contributed by atoms with Gasteiger partial charge in [0.1, 0.15) is 17.3 Å². The monoisotopic (exact) mass is 451 g/mol. The third kappa shape index (κ3) is 3.63. The molecule has 162 valence electrons. The zero-order valence-corrected chi connectivity index (χ0v) is 18.1. The maximum absolute atomic E-state index is 14.9. The molecule has 3 aromatic rings. The SMILES string of the molecule is COc1ccc(Cl)cc1/C(O)=C1\C(=O)C(=O)N(c2ccc(C)cc2)C1c1ccccc1F. The standard InChI is InChI=1S/C25H19ClFNO4/c1-14-7-10-16(11-8-14)28-22(17-5-3-4-6-19(17)27)21(24(30)25(28)31)23(29)18-13-15(26)9-12-20(18)32-2/h3-13,22,29H,1-2H3/b23-21+. The number of hydrogen-bond donors (Lipinski definition) is 1. The van der Waals surface area contributed by atoms with Crippen LogP contribution in [0.4, 0.5) is 10.1 Å². The Hall–Kier alpha value is -3.64. The van der Waals surface area contributed by atoms with Crippen molar-refractivity contribution >= 4 is 34.7 Å². The maximum atomic E-state index is 14.9. The molecule has 4 rings (SSSR count). The zero-order chi connectivity index (χ0) is 23.0. The van der Waals surface area contributed by atoms with E-state index < -0.39 is 29.3 Å². The van der Waals surface area contributed by atoms with Crippen molar-refractivity contribution in [2.75, 3.05) is 12.0 Å². The first-order valence-corrected chi connectivity index (χ1v) is 10.2. The van der Waals surface area contributed by atoms with Crippen LogP contribution in [-0.2, 0) is 9.59 Å². The number of carbonyl (C=O) groups is 2. The van der Waals surface area contributed by atoms with E-state index in [1.165, 1.54) is 42.3 Å². The lowest BCUT2D eigenvalue weighted by molar-refractivity contribution is -0.132. The van der Waals surface area contributed by atoms with Gasteiger partial charge in [-0.3, -0.25) is 14.5 Å². The smallest absolute Gasteiger partial charge is 0.300 e. The van der Waals surface area contributed by atoms with Crippen LogP contribution in [0.25, 0.3) is 5.76 Å². The Bertz CT molecular complexity index is 1250. The summed E-state index contributed by atoms with van der Waals surface area (Å²) >= 11 is 6.10. The molecule has 1 saturated heterocycles. The highest BCUT2D eigenvalue weighted by molar-refractivity contribution is 6.51. The fourth-order valence-electron chi connectivity index (χ4n) is 3.81. The molecule has 7 heteroatoms. The lowest BCUT2D eigenvalue weighted by atomic mass is 9.94. The predicted molar refractivity (Wildman–Crippen MR) is 120 cm³/mol. The minimum Gasteiger partial charge on any atom is -0.507 e. The Labute approximate surface area is 189 Å². The number of methoxy groups -OCH3 is 1. The number of aliphatic hydroxyl groups is 1. The highest BCUT2D eigenvalue weighted by Gasteiger charge is 2.48. The fourth-order valence-corrected chi connectivity index (χ4v) is 3.98. The number of halogens is 2. The topological polar surface area (TPSA) is 66.8 Å². The van der Waals surface area contributed by atoms with Gasteiger partial charge in [-0.25, -0.2) is 4.39 Å². The molecule has 3 aromatic carbocycles. The molecule has 32 heavy (non-hydrogen) atoms. The molecule has 1 N–H and O–H groups in total. The van der Waals surface area contributed by atoms with Crippen LogP contribution >= 0.6 is 11.6 Å². The number of hydrogen-bond acceptors (Lipinski definition) is 4. The molecule has 1 fully saturated rings. The number of Topliss-reactive ketones (excluding diaryl/α,β-unsaturated/α-hetero) is 1. The van der Waals surface area contributed by atoms with Crippen LogP contribution in [0.2, 0.25) is 5.02 Å². The van der Waals surface area contributed by atoms with E-state index in [-0.39, 0.29) is 22.4 Å². The summed E-state index contributed by atoms with van der Waals surface area (Å²) in [5.74, 6) is -2.66. The van der Waals surface area contributed by atoms with E-state index in [2.05, 4.69) is 0 Å². The Morgan fingerprint density at radius 3 is 2.41 bits per heavy atom. The van der Waals surface area contributed by atoms with Gasteiger partial charge in [-0.15, -0.1) is 0 Å². The van der Waals surface area contributed by atoms with Crippen molar-refractivity contribution in [3.05, 3.63) is 99.8 Å². The van der Waals surface area contributed by atoms with Gasteiger partial charge in [0.25, 0.3) is 11.7 Å². The average molecular weight is 452 g/mol. The molecule has 1 aliphatic heterocycles. The van der Waals surface area contributed by atoms with E-state index in [9.17, 15) is 19.1 Å². The van der Waals surface area contributed by atoms with Crippen LogP contribution in [0.15, 0.2) is 72.3 Å². The van der Waals surface area contributed by atoms with Crippen LogP contribution in [0.1, 0.15) is 22.7 Å². The van der Waals surface area contributed by atoms with Crippen molar-refractivity contribution in [3.63, 3.8) is 0 Å². The number of carbonyl (C=O) groups excluding carboxylic acids is 2. The third-order valence-electron chi connectivity index (χ3n) is 5.37. The van der Waals surface area contributed by atoms with Crippen molar-refractivity contribution in [1.82, 2.24) is 0 Å². The van der Waals surface area contributed by atoms with Crippen molar-refractivity contribution < 1.29 is 23.8 Å². The van der Waals surface area contributed by atoms with E-state index in [1.54, 1.807) is 36.4 Å². The second-order valence-electron chi connectivity index (χ2n) is 7.37. The molecular formula is C25H19ClFNO4. The quantitative estimate of drug-likeness (QED) is 0.326. The predicted octanol–water partition coefficient (Wildman–Crippen LogP) is 5.42. The normalized spacial score (nSPS) is 17.6. The molecule has 1 unspecified atom stereocenters. The van der Waals surface area contributed by atoms with Crippen molar-refractivity contribution in [2.24, 2.45) is 0 Å². The molecule has 1 heterocycles. The zero-order valence-electron chi connectivity index (χ0n) is 17.3. The number of aryl methyl sites for hydroxylation is 1. The number of nitrogens with zero attached hydrogens (tertiary/aromatic N) is 1. The van der Waals surface area contributed by atoms with Crippen LogP contribution < -0.4 is 9.64 Å². The largest absolute Gasteiger partial charge is 0.507 e. The molecular weight excluding hydrogens is 433 g/mol. The summed E-state index contributed by atoms with van der Waals surface area (Å²) in [5.41, 5.74) is 1.32. The number of anilines is 1. The number of benzene rings is 3. The molecule has 1 amide bonds. The number of ketones is 1. The Kier molecular flexibility index (Phi) is 5.72. The van der Waals surface area contributed by atoms with E-state index in [0.29, 0.717) is 10.7 Å². The summed E-state index contributed by atoms with van der Waals surface area (Å²) in [5, 5.41) is 11.5. The number of aliphatic hydroxyl groups excluding tert-OH is 1. The molecule has 1 aliphatic rings. The van der Waals surface area contributed by atoms with Gasteiger partial charge in [-0.05, 0) is 43.3 Å². The Balaban J connectivity index is 2.01. The maximum Gasteiger partial charge on any atom is 0.300 e. The van der Waals surface area contributed by atoms with Gasteiger partial charge in [-0.2, -0.15) is 0 Å². The molecule has 0 radical (unpaired) electrons. The summed E-state index contributed by atoms with van der Waals surface area (Å²) in [7, 11) is 1.40. The van der Waals surface area contributed by atoms with Gasteiger partial charge < -0.3 is 9.84 Å². The fraction of sp³-hybridized carbons (Fsp3) is 0.120. The molecule has 0 aliphatic carbocycles. The van der Waals surface area contributed by atoms with Crippen LogP contribution in [-0.4, -0.2) is 23.9 Å². The van der Waals surface area contributed by atoms with E-state index >= 15 is 0 Å². The lowest BCUT2D eigenvalue weighted by Gasteiger charge is -2.26. The first-order valence-electron chi connectivity index (χ1n) is 9.79. The first-order chi connectivity index (χ1) is 15.3. The van der Waals surface area contributed by atoms with Crippen LogP contribution in [0.3, 0.4) is 0 Å². The second-order valence-corrected chi connectivity index (χ2v) is 7.81. The van der Waals surface area contributed by atoms with E-state index in [0.717, 1.165) is 5.56 Å². The number of amides is 1. The van der Waals surface area contributed by atoms with Gasteiger partial charge in [0.2, 0.25) is 0 Å². The van der Waals surface area contributed by atoms with Crippen LogP contribution in [0.5, 0.6) is 5.75 Å². The van der Waals surface area contributed by atoms with Gasteiger partial charge in [0.05, 0.1) is 24.3 Å². The summed E-state index contributed by atoms with van der Waals surface area (Å²) in [4.78, 5) is 27.4. The van der Waals surface area contributed by atoms with Crippen molar-refractivity contribution in [1.29, 1.82) is 0 Å². The summed E-state index contributed by atoms with van der Waals surface area (Å²) in [6, 6.07) is 16.1. The highest BCUT2D eigenvalue weighted by Crippen LogP contribution is 2.44. The van der Waals surface area contributed by atoms with Gasteiger partial charge in [0.15, 0.2) is 0 Å². The Morgan fingerprint density at radius 2 is 1.75 bits per heavy atom. The van der Waals surface area contributed by atoms with Crippen LogP contribution in [0, 0.1) is 12.7 Å². The highest BCUT2D eigenvalue weighted by atomic mass is 35.5. The minimum atomic E-state index is -1.18. The van der Waals surface area contributed by atoms with Crippen molar-refractivity contribution in [2.45, 2.75) is 13.0 Å². The summed E-state index contributed by atoms with van der Waals surface area (Å²) < 4.78 is 20.2. The second kappa shape index (κ2) is 8.48. The molecule has 0 bridgehead atoms. The molecule has 5 nitrogen and oxygen atoms in total. The summed E-state index contributed by atoms with van der Waals surface area (Å²) in [6.07, 6.45) is 0. The number of rotatable bonds is 4. The van der Waals surface area contributed by atoms with Gasteiger partial charge >= 0.3 is 0 Å². The molecule has 0 spiro atoms. The molecule has 0 aromatic heterocycles. The van der Waals surface area contributed by atoms with Crippen molar-refractivity contribution in [3.8, 4) is 5.75 Å². The van der Waals surface area contributed by atoms with E-state index in [1.807, 2.05) is 6.92 Å². The average Bonchev–Trinajstić information content (AvgIpc) is 3.04. The lowest BCUT2D eigenvalue weighted by Crippen LogP contribution is -2.29. The minimum absolute atomic E-state index is 0.0785. The van der Waals surface area contributed by atoms with E-state index in [4.69, 9.17) is 16.3 Å². The molecule has 0 saturated carbocycles. The third-order valence-corrected chi connectivity index (χ3v) is 5.61. The number of ether oxygens (including phenoxy) is 1.